The normalized spacial score (nSPS) is 33.4. The van der Waals surface area contributed by atoms with E-state index in [1.807, 2.05) is 13.8 Å². The van der Waals surface area contributed by atoms with Crippen molar-refractivity contribution in [2.45, 2.75) is 44.2 Å². The van der Waals surface area contributed by atoms with Gasteiger partial charge in [0.25, 0.3) is 0 Å². The highest BCUT2D eigenvalue weighted by Gasteiger charge is 2.55. The Morgan fingerprint density at radius 3 is 2.82 bits per heavy atom. The number of nitrogens with two attached hydrogens (primary N) is 1. The van der Waals surface area contributed by atoms with Crippen molar-refractivity contribution >= 4 is 17.0 Å². The molecule has 22 heavy (non-hydrogen) atoms. The lowest BCUT2D eigenvalue weighted by Gasteiger charge is -2.24. The number of aliphatic hydroxyl groups is 1. The molecule has 9 heteroatoms. The van der Waals surface area contributed by atoms with Gasteiger partial charge in [0.05, 0.1) is 12.9 Å². The van der Waals surface area contributed by atoms with E-state index in [9.17, 15) is 5.11 Å². The summed E-state index contributed by atoms with van der Waals surface area (Å²) in [6.07, 6.45) is 1.30. The predicted octanol–water partition coefficient (Wildman–Crippen LogP) is -0.182. The molecule has 2 fully saturated rings. The molecule has 4 atom stereocenters. The van der Waals surface area contributed by atoms with Crippen LogP contribution in [0.5, 0.6) is 0 Å². The number of fused-ring (bicyclic) bond motifs is 2. The molecule has 0 radical (unpaired) electrons. The number of rotatable bonds is 2. The molecule has 0 aromatic carbocycles. The molecule has 2 aliphatic rings. The molecular formula is C13H17N5O4. The maximum atomic E-state index is 9.52. The van der Waals surface area contributed by atoms with Crippen molar-refractivity contribution in [1.29, 1.82) is 0 Å². The lowest BCUT2D eigenvalue weighted by molar-refractivity contribution is -0.199. The van der Waals surface area contributed by atoms with Crippen LogP contribution >= 0.6 is 0 Å². The quantitative estimate of drug-likeness (QED) is 0.784. The molecule has 3 N–H and O–H groups in total. The molecule has 118 valence electrons. The molecular weight excluding hydrogens is 290 g/mol. The Morgan fingerprint density at radius 1 is 1.27 bits per heavy atom. The summed E-state index contributed by atoms with van der Waals surface area (Å²) < 4.78 is 19.4. The molecule has 0 saturated carbocycles. The zero-order chi connectivity index (χ0) is 15.5. The maximum absolute atomic E-state index is 9.52. The van der Waals surface area contributed by atoms with Crippen LogP contribution in [-0.2, 0) is 14.2 Å². The molecule has 0 bridgehead atoms. The third kappa shape index (κ3) is 1.90. The first kappa shape index (κ1) is 13.8. The first-order valence-electron chi connectivity index (χ1n) is 7.05. The summed E-state index contributed by atoms with van der Waals surface area (Å²) in [6.45, 7) is 3.52. The second-order valence-corrected chi connectivity index (χ2v) is 5.90. The third-order valence-corrected chi connectivity index (χ3v) is 3.97. The van der Waals surface area contributed by atoms with Crippen LogP contribution in [0.3, 0.4) is 0 Å². The molecule has 0 unspecified atom stereocenters. The van der Waals surface area contributed by atoms with E-state index < -0.39 is 18.1 Å². The number of hydrogen-bond donors (Lipinski definition) is 2. The topological polar surface area (TPSA) is 118 Å². The number of hydrogen-bond acceptors (Lipinski definition) is 8. The van der Waals surface area contributed by atoms with E-state index in [0.29, 0.717) is 17.0 Å². The molecule has 2 aromatic rings. The Hall–Kier alpha value is -1.81. The summed E-state index contributed by atoms with van der Waals surface area (Å²) in [6, 6.07) is 0. The smallest absolute Gasteiger partial charge is 0.167 e. The number of imidazole rings is 1. The average molecular weight is 307 g/mol. The second kappa shape index (κ2) is 4.59. The largest absolute Gasteiger partial charge is 0.394 e. The number of anilines is 1. The fraction of sp³-hybridized carbons (Fsp3) is 0.615. The number of nitrogens with zero attached hydrogens (tertiary/aromatic N) is 4. The Bertz CT molecular complexity index is 718. The molecule has 9 nitrogen and oxygen atoms in total. The fourth-order valence-corrected chi connectivity index (χ4v) is 3.09. The summed E-state index contributed by atoms with van der Waals surface area (Å²) in [7, 11) is 0. The van der Waals surface area contributed by atoms with Crippen LogP contribution in [0.25, 0.3) is 11.2 Å². The van der Waals surface area contributed by atoms with Crippen LogP contribution in [0, 0.1) is 0 Å². The van der Waals surface area contributed by atoms with E-state index in [1.165, 1.54) is 6.33 Å². The van der Waals surface area contributed by atoms with Crippen molar-refractivity contribution in [3.63, 3.8) is 0 Å². The van der Waals surface area contributed by atoms with E-state index in [2.05, 4.69) is 15.0 Å². The van der Waals surface area contributed by atoms with Gasteiger partial charge in [-0.25, -0.2) is 15.0 Å². The van der Waals surface area contributed by atoms with E-state index >= 15 is 0 Å². The van der Waals surface area contributed by atoms with Crippen LogP contribution in [0.1, 0.15) is 20.1 Å². The number of nitrogen functional groups attached to an aromatic ring is 1. The summed E-state index contributed by atoms with van der Waals surface area (Å²) in [4.78, 5) is 12.4. The predicted molar refractivity (Wildman–Crippen MR) is 74.6 cm³/mol. The number of aliphatic hydroxyl groups excluding tert-OH is 1. The van der Waals surface area contributed by atoms with Crippen molar-refractivity contribution < 1.29 is 19.3 Å². The maximum Gasteiger partial charge on any atom is 0.167 e. The SMILES string of the molecule is CC1(C)O[C@H]2[C@H](O1)[C@@H](n1cnc3c(N)ncnc31)O[C@@H]2CO. The third-order valence-electron chi connectivity index (χ3n) is 3.97. The fourth-order valence-electron chi connectivity index (χ4n) is 3.09. The van der Waals surface area contributed by atoms with E-state index in [0.717, 1.165) is 0 Å². The summed E-state index contributed by atoms with van der Waals surface area (Å²) in [5.41, 5.74) is 6.87. The van der Waals surface area contributed by atoms with Crippen LogP contribution in [-0.4, -0.2) is 55.3 Å². The zero-order valence-corrected chi connectivity index (χ0v) is 12.2. The Morgan fingerprint density at radius 2 is 2.05 bits per heavy atom. The molecule has 4 heterocycles. The molecule has 2 aliphatic heterocycles. The second-order valence-electron chi connectivity index (χ2n) is 5.90. The standard InChI is InChI=1S/C13H17N5O4/c1-13(2)21-8-6(3-19)20-12(9(8)22-13)18-5-17-7-10(14)15-4-16-11(7)18/h4-6,8-9,12,19H,3H2,1-2H3,(H2,14,15,16)/t6-,8-,9+,12+/m1/s1. The first-order valence-corrected chi connectivity index (χ1v) is 7.05. The lowest BCUT2D eigenvalue weighted by atomic mass is 10.1. The van der Waals surface area contributed by atoms with Crippen LogP contribution in [0.15, 0.2) is 12.7 Å². The monoisotopic (exact) mass is 307 g/mol. The average Bonchev–Trinajstić information content (AvgIpc) is 3.10. The van der Waals surface area contributed by atoms with Gasteiger partial charge in [-0.05, 0) is 13.8 Å². The van der Waals surface area contributed by atoms with Crippen LogP contribution in [0.4, 0.5) is 5.82 Å². The molecule has 0 spiro atoms. The Labute approximate surface area is 126 Å². The van der Waals surface area contributed by atoms with Crippen molar-refractivity contribution in [3.8, 4) is 0 Å². The van der Waals surface area contributed by atoms with Crippen LogP contribution in [0.2, 0.25) is 0 Å². The van der Waals surface area contributed by atoms with E-state index in [4.69, 9.17) is 19.9 Å². The summed E-state index contributed by atoms with van der Waals surface area (Å²) in [5.74, 6) is -0.421. The molecule has 2 aromatic heterocycles. The van der Waals surface area contributed by atoms with E-state index in [1.54, 1.807) is 10.9 Å². The molecule has 0 amide bonds. The Balaban J connectivity index is 1.77. The van der Waals surface area contributed by atoms with Gasteiger partial charge in [-0.1, -0.05) is 0 Å². The minimum atomic E-state index is -0.727. The van der Waals surface area contributed by atoms with Gasteiger partial charge in [-0.2, -0.15) is 0 Å². The van der Waals surface area contributed by atoms with Gasteiger partial charge in [-0.15, -0.1) is 0 Å². The first-order chi connectivity index (χ1) is 10.5. The number of aromatic nitrogens is 4. The highest BCUT2D eigenvalue weighted by molar-refractivity contribution is 5.81. The molecule has 0 aliphatic carbocycles. The van der Waals surface area contributed by atoms with Gasteiger partial charge >= 0.3 is 0 Å². The van der Waals surface area contributed by atoms with Gasteiger partial charge in [0, 0.05) is 0 Å². The highest BCUT2D eigenvalue weighted by atomic mass is 16.8. The van der Waals surface area contributed by atoms with Crippen molar-refractivity contribution in [2.24, 2.45) is 0 Å². The number of ether oxygens (including phenoxy) is 3. The van der Waals surface area contributed by atoms with Crippen molar-refractivity contribution in [2.75, 3.05) is 12.3 Å². The highest BCUT2D eigenvalue weighted by Crippen LogP contribution is 2.43. The summed E-state index contributed by atoms with van der Waals surface area (Å²) >= 11 is 0. The van der Waals surface area contributed by atoms with Crippen molar-refractivity contribution in [1.82, 2.24) is 19.5 Å². The molecule has 2 saturated heterocycles. The van der Waals surface area contributed by atoms with Gasteiger partial charge in [0.15, 0.2) is 23.5 Å². The van der Waals surface area contributed by atoms with Crippen LogP contribution < -0.4 is 5.73 Å². The minimum absolute atomic E-state index is 0.152. The lowest BCUT2D eigenvalue weighted by Crippen LogP contribution is -2.31. The zero-order valence-electron chi connectivity index (χ0n) is 12.2. The molecule has 4 rings (SSSR count). The summed E-state index contributed by atoms with van der Waals surface area (Å²) in [5, 5.41) is 9.52. The minimum Gasteiger partial charge on any atom is -0.394 e. The van der Waals surface area contributed by atoms with E-state index in [-0.39, 0.29) is 18.8 Å². The Kier molecular flexibility index (Phi) is 2.89. The van der Waals surface area contributed by atoms with Gasteiger partial charge in [0.1, 0.15) is 30.2 Å². The van der Waals surface area contributed by atoms with Gasteiger partial charge in [0.2, 0.25) is 0 Å². The van der Waals surface area contributed by atoms with Gasteiger partial charge < -0.3 is 25.1 Å². The van der Waals surface area contributed by atoms with Gasteiger partial charge in [-0.3, -0.25) is 4.57 Å². The van der Waals surface area contributed by atoms with Crippen molar-refractivity contribution in [3.05, 3.63) is 12.7 Å².